The molecule has 1 saturated heterocycles. The van der Waals surface area contributed by atoms with Crippen LogP contribution in [0, 0.1) is 0 Å². The largest absolute Gasteiger partial charge is 0.493 e. The van der Waals surface area contributed by atoms with E-state index in [1.165, 1.54) is 24.9 Å². The monoisotopic (exact) mass is 409 g/mol. The lowest BCUT2D eigenvalue weighted by atomic mass is 10.1. The first-order valence-corrected chi connectivity index (χ1v) is 9.64. The summed E-state index contributed by atoms with van der Waals surface area (Å²) in [4.78, 5) is 20.7. The molecule has 8 heteroatoms. The molecule has 1 aliphatic heterocycles. The van der Waals surface area contributed by atoms with Gasteiger partial charge < -0.3 is 24.4 Å². The number of rotatable bonds is 10. The number of nitrogens with zero attached hydrogens (tertiary/aromatic N) is 1. The van der Waals surface area contributed by atoms with Gasteiger partial charge in [0.25, 0.3) is 0 Å². The molecule has 1 aliphatic rings. The van der Waals surface area contributed by atoms with Crippen LogP contribution in [0.5, 0.6) is 11.5 Å². The zero-order valence-electron chi connectivity index (χ0n) is 17.0. The number of carbonyl (C=O) groups is 2. The Hall–Kier alpha value is -2.58. The van der Waals surface area contributed by atoms with Crippen LogP contribution in [0.1, 0.15) is 24.8 Å². The Balaban J connectivity index is 0.000000612. The van der Waals surface area contributed by atoms with Crippen LogP contribution in [0.4, 0.5) is 0 Å². The average Bonchev–Trinajstić information content (AvgIpc) is 2.72. The molecule has 0 aromatic heterocycles. The Morgan fingerprint density at radius 3 is 2.41 bits per heavy atom. The first kappa shape index (κ1) is 24.5. The summed E-state index contributed by atoms with van der Waals surface area (Å²) in [6, 6.07) is 6.08. The zero-order valence-corrected chi connectivity index (χ0v) is 17.0. The molecule has 2 N–H and O–H groups in total. The Labute approximate surface area is 171 Å². The predicted molar refractivity (Wildman–Crippen MR) is 109 cm³/mol. The van der Waals surface area contributed by atoms with Crippen molar-refractivity contribution in [2.24, 2.45) is 0 Å². The third-order valence-corrected chi connectivity index (χ3v) is 4.27. The molecular formula is C21H31NO7. The summed E-state index contributed by atoms with van der Waals surface area (Å²) in [5.41, 5.74) is 1.19. The molecule has 0 saturated carbocycles. The van der Waals surface area contributed by atoms with Crippen molar-refractivity contribution in [2.45, 2.75) is 25.7 Å². The number of benzene rings is 1. The van der Waals surface area contributed by atoms with Crippen LogP contribution >= 0.6 is 0 Å². The van der Waals surface area contributed by atoms with Crippen molar-refractivity contribution >= 4 is 11.9 Å². The molecule has 0 aliphatic carbocycles. The fourth-order valence-corrected chi connectivity index (χ4v) is 2.75. The molecule has 0 unspecified atom stereocenters. The third-order valence-electron chi connectivity index (χ3n) is 4.27. The van der Waals surface area contributed by atoms with Crippen LogP contribution in [0.15, 0.2) is 30.9 Å². The molecule has 0 bridgehead atoms. The van der Waals surface area contributed by atoms with Crippen molar-refractivity contribution in [2.75, 3.05) is 46.6 Å². The van der Waals surface area contributed by atoms with Crippen LogP contribution in [-0.2, 0) is 20.7 Å². The highest BCUT2D eigenvalue weighted by molar-refractivity contribution is 6.27. The number of hydrogen-bond acceptors (Lipinski definition) is 6. The van der Waals surface area contributed by atoms with E-state index in [4.69, 9.17) is 34.0 Å². The van der Waals surface area contributed by atoms with Gasteiger partial charge in [0.05, 0.1) is 26.9 Å². The van der Waals surface area contributed by atoms with Crippen molar-refractivity contribution in [1.29, 1.82) is 0 Å². The second-order valence-corrected chi connectivity index (χ2v) is 6.45. The lowest BCUT2D eigenvalue weighted by Crippen LogP contribution is -2.36. The van der Waals surface area contributed by atoms with Gasteiger partial charge >= 0.3 is 11.9 Å². The number of morpholine rings is 1. The van der Waals surface area contributed by atoms with Gasteiger partial charge in [-0.25, -0.2) is 9.59 Å². The van der Waals surface area contributed by atoms with E-state index in [1.54, 1.807) is 7.11 Å². The molecule has 162 valence electrons. The summed E-state index contributed by atoms with van der Waals surface area (Å²) in [5.74, 6) is -2.02. The molecule has 1 aromatic carbocycles. The zero-order chi connectivity index (χ0) is 21.5. The summed E-state index contributed by atoms with van der Waals surface area (Å²) < 4.78 is 16.6. The number of allylic oxidation sites excluding steroid dienone is 1. The molecule has 2 rings (SSSR count). The summed E-state index contributed by atoms with van der Waals surface area (Å²) in [6.45, 7) is 9.58. The molecule has 29 heavy (non-hydrogen) atoms. The minimum atomic E-state index is -1.82. The van der Waals surface area contributed by atoms with Crippen molar-refractivity contribution in [3.8, 4) is 11.5 Å². The first-order chi connectivity index (χ1) is 14.0. The fourth-order valence-electron chi connectivity index (χ4n) is 2.75. The quantitative estimate of drug-likeness (QED) is 0.345. The maximum Gasteiger partial charge on any atom is 0.414 e. The second-order valence-electron chi connectivity index (χ2n) is 6.45. The summed E-state index contributed by atoms with van der Waals surface area (Å²) in [7, 11) is 1.68. The molecular weight excluding hydrogens is 378 g/mol. The Morgan fingerprint density at radius 2 is 1.83 bits per heavy atom. The minimum absolute atomic E-state index is 0.736. The van der Waals surface area contributed by atoms with Crippen LogP contribution in [0.2, 0.25) is 0 Å². The smallest absolute Gasteiger partial charge is 0.414 e. The minimum Gasteiger partial charge on any atom is -0.493 e. The van der Waals surface area contributed by atoms with Gasteiger partial charge in [-0.1, -0.05) is 12.1 Å². The standard InChI is InChI=1S/C19H29NO3.C2H2O4/c1-3-7-17-8-9-18(19(16-17)21-2)23-13-6-4-5-10-20-11-14-22-15-12-20;3-1(4)2(5)6/h3,8-9,16H,1,4-7,10-15H2,2H3;(H,3,4)(H,5,6). The van der Waals surface area contributed by atoms with E-state index in [0.717, 1.165) is 57.3 Å². The first-order valence-electron chi connectivity index (χ1n) is 9.64. The molecule has 0 radical (unpaired) electrons. The highest BCUT2D eigenvalue weighted by Crippen LogP contribution is 2.28. The maximum atomic E-state index is 9.10. The summed E-state index contributed by atoms with van der Waals surface area (Å²) >= 11 is 0. The predicted octanol–water partition coefficient (Wildman–Crippen LogP) is 2.46. The molecule has 0 amide bonds. The molecule has 1 fully saturated rings. The van der Waals surface area contributed by atoms with E-state index < -0.39 is 11.9 Å². The summed E-state index contributed by atoms with van der Waals surface area (Å²) in [5, 5.41) is 14.8. The third kappa shape index (κ3) is 10.5. The Morgan fingerprint density at radius 1 is 1.14 bits per heavy atom. The molecule has 1 aromatic rings. The topological polar surface area (TPSA) is 106 Å². The van der Waals surface area contributed by atoms with E-state index in [2.05, 4.69) is 17.5 Å². The van der Waals surface area contributed by atoms with Gasteiger partial charge in [-0.2, -0.15) is 0 Å². The molecule has 0 atom stereocenters. The molecule has 1 heterocycles. The van der Waals surface area contributed by atoms with Gasteiger partial charge in [0.2, 0.25) is 0 Å². The van der Waals surface area contributed by atoms with Crippen molar-refractivity contribution < 1.29 is 34.0 Å². The Kier molecular flexibility index (Phi) is 12.2. The SMILES string of the molecule is C=CCc1ccc(OCCCCCN2CCOCC2)c(OC)c1.O=C(O)C(=O)O. The number of aliphatic carboxylic acids is 2. The Bertz CT molecular complexity index is 630. The van der Waals surface area contributed by atoms with E-state index in [9.17, 15) is 0 Å². The van der Waals surface area contributed by atoms with Gasteiger partial charge in [0.15, 0.2) is 11.5 Å². The van der Waals surface area contributed by atoms with E-state index in [0.29, 0.717) is 0 Å². The highest BCUT2D eigenvalue weighted by atomic mass is 16.5. The van der Waals surface area contributed by atoms with Crippen LogP contribution in [0.25, 0.3) is 0 Å². The van der Waals surface area contributed by atoms with Gasteiger partial charge in [0.1, 0.15) is 0 Å². The van der Waals surface area contributed by atoms with Crippen LogP contribution in [-0.4, -0.2) is 73.6 Å². The van der Waals surface area contributed by atoms with Gasteiger partial charge in [-0.05, 0) is 49.9 Å². The number of unbranched alkanes of at least 4 members (excludes halogenated alkanes) is 2. The van der Waals surface area contributed by atoms with Gasteiger partial charge in [-0.15, -0.1) is 6.58 Å². The normalized spacial score (nSPS) is 13.7. The second kappa shape index (κ2) is 14.4. The van der Waals surface area contributed by atoms with Gasteiger partial charge in [-0.3, -0.25) is 4.90 Å². The number of ether oxygens (including phenoxy) is 3. The lowest BCUT2D eigenvalue weighted by Gasteiger charge is -2.26. The van der Waals surface area contributed by atoms with Crippen molar-refractivity contribution in [3.05, 3.63) is 36.4 Å². The van der Waals surface area contributed by atoms with E-state index in [1.807, 2.05) is 18.2 Å². The van der Waals surface area contributed by atoms with Crippen LogP contribution in [0.3, 0.4) is 0 Å². The summed E-state index contributed by atoms with van der Waals surface area (Å²) in [6.07, 6.45) is 6.22. The fraction of sp³-hybridized carbons (Fsp3) is 0.524. The average molecular weight is 409 g/mol. The van der Waals surface area contributed by atoms with Crippen LogP contribution < -0.4 is 9.47 Å². The van der Waals surface area contributed by atoms with Crippen molar-refractivity contribution in [3.63, 3.8) is 0 Å². The maximum absolute atomic E-state index is 9.10. The lowest BCUT2D eigenvalue weighted by molar-refractivity contribution is -0.159. The highest BCUT2D eigenvalue weighted by Gasteiger charge is 2.09. The van der Waals surface area contributed by atoms with Crippen molar-refractivity contribution in [1.82, 2.24) is 4.90 Å². The number of carboxylic acids is 2. The number of carboxylic acid groups (broad SMARTS) is 2. The van der Waals surface area contributed by atoms with E-state index >= 15 is 0 Å². The molecule has 8 nitrogen and oxygen atoms in total. The number of methoxy groups -OCH3 is 1. The van der Waals surface area contributed by atoms with E-state index in [-0.39, 0.29) is 0 Å². The number of hydrogen-bond donors (Lipinski definition) is 2. The molecule has 0 spiro atoms. The van der Waals surface area contributed by atoms with Gasteiger partial charge in [0, 0.05) is 13.1 Å².